The van der Waals surface area contributed by atoms with Gasteiger partial charge in [-0.25, -0.2) is 10.9 Å². The summed E-state index contributed by atoms with van der Waals surface area (Å²) in [6.45, 7) is 3.37. The fourth-order valence-electron chi connectivity index (χ4n) is 1.82. The van der Waals surface area contributed by atoms with Crippen LogP contribution in [0.5, 0.6) is 0 Å². The van der Waals surface area contributed by atoms with E-state index in [1.807, 2.05) is 12.1 Å². The van der Waals surface area contributed by atoms with Crippen molar-refractivity contribution < 1.29 is 9.59 Å². The van der Waals surface area contributed by atoms with Gasteiger partial charge in [0.2, 0.25) is 0 Å². The second-order valence-corrected chi connectivity index (χ2v) is 7.13. The number of hydrogen-bond acceptors (Lipinski definition) is 4. The molecule has 0 bridgehead atoms. The maximum Gasteiger partial charge on any atom is 0.271 e. The molecule has 0 spiro atoms. The van der Waals surface area contributed by atoms with Crippen molar-refractivity contribution in [1.29, 1.82) is 0 Å². The molecule has 0 aliphatic heterocycles. The predicted octanol–water partition coefficient (Wildman–Crippen LogP) is 4.12. The first-order valence-corrected chi connectivity index (χ1v) is 9.16. The highest BCUT2D eigenvalue weighted by atomic mass is 79.9. The van der Waals surface area contributed by atoms with E-state index in [1.165, 1.54) is 0 Å². The van der Waals surface area contributed by atoms with Crippen LogP contribution in [0.2, 0.25) is 0 Å². The summed E-state index contributed by atoms with van der Waals surface area (Å²) in [6.07, 6.45) is 0. The van der Waals surface area contributed by atoms with Crippen molar-refractivity contribution in [2.45, 2.75) is 13.8 Å². The quantitative estimate of drug-likeness (QED) is 0.499. The van der Waals surface area contributed by atoms with Gasteiger partial charge in [-0.3, -0.25) is 9.59 Å². The molecule has 0 atom stereocenters. The maximum atomic E-state index is 12.1. The molecule has 0 radical (unpaired) electrons. The average molecular weight is 480 g/mol. The normalized spacial score (nSPS) is 11.8. The molecule has 26 heavy (non-hydrogen) atoms. The number of halogens is 2. The SMILES string of the molecule is CC(=NNC(=O)c1cccc(Br)c1)C(C)=NNC(=O)c1cccc(Br)c1. The lowest BCUT2D eigenvalue weighted by molar-refractivity contribution is 0.0946. The van der Waals surface area contributed by atoms with Gasteiger partial charge in [0.05, 0.1) is 11.4 Å². The standard InChI is InChI=1S/C18H16Br2N4O2/c1-11(21-23-17(25)13-5-3-7-15(19)9-13)12(2)22-24-18(26)14-6-4-8-16(20)10-14/h3-10H,1-2H3,(H,23,25)(H,24,26). The molecule has 0 saturated carbocycles. The van der Waals surface area contributed by atoms with Crippen molar-refractivity contribution in [2.75, 3.05) is 0 Å². The Morgan fingerprint density at radius 2 is 1.15 bits per heavy atom. The van der Waals surface area contributed by atoms with E-state index >= 15 is 0 Å². The molecule has 2 aromatic carbocycles. The maximum absolute atomic E-state index is 12.1. The largest absolute Gasteiger partial charge is 0.271 e. The first kappa shape index (κ1) is 20.0. The van der Waals surface area contributed by atoms with Gasteiger partial charge in [0, 0.05) is 20.1 Å². The molecule has 0 aromatic heterocycles. The van der Waals surface area contributed by atoms with E-state index in [9.17, 15) is 9.59 Å². The molecule has 2 aromatic rings. The lowest BCUT2D eigenvalue weighted by Crippen LogP contribution is -2.24. The summed E-state index contributed by atoms with van der Waals surface area (Å²) < 4.78 is 1.61. The van der Waals surface area contributed by atoms with Crippen molar-refractivity contribution in [3.05, 3.63) is 68.6 Å². The molecule has 0 saturated heterocycles. The van der Waals surface area contributed by atoms with Crippen LogP contribution in [0.3, 0.4) is 0 Å². The topological polar surface area (TPSA) is 82.9 Å². The fraction of sp³-hybridized carbons (Fsp3) is 0.111. The zero-order valence-corrected chi connectivity index (χ0v) is 17.3. The number of nitrogens with zero attached hydrogens (tertiary/aromatic N) is 2. The van der Waals surface area contributed by atoms with E-state index in [0.29, 0.717) is 22.6 Å². The highest BCUT2D eigenvalue weighted by Crippen LogP contribution is 2.12. The Bertz CT molecular complexity index is 821. The summed E-state index contributed by atoms with van der Waals surface area (Å²) in [5, 5.41) is 8.01. The third kappa shape index (κ3) is 5.89. The number of amides is 2. The summed E-state index contributed by atoms with van der Waals surface area (Å²) in [6, 6.07) is 13.9. The van der Waals surface area contributed by atoms with Crippen molar-refractivity contribution in [3.63, 3.8) is 0 Å². The minimum Gasteiger partial charge on any atom is -0.267 e. The molecule has 2 N–H and O–H groups in total. The summed E-state index contributed by atoms with van der Waals surface area (Å²) in [5.74, 6) is -0.673. The van der Waals surface area contributed by atoms with Crippen LogP contribution in [0.15, 0.2) is 67.7 Å². The minimum atomic E-state index is -0.336. The number of carbonyl (C=O) groups is 2. The van der Waals surface area contributed by atoms with Crippen molar-refractivity contribution >= 4 is 55.1 Å². The molecule has 0 unspecified atom stereocenters. The highest BCUT2D eigenvalue weighted by Gasteiger charge is 2.07. The Morgan fingerprint density at radius 1 is 0.769 bits per heavy atom. The third-order valence-electron chi connectivity index (χ3n) is 3.35. The van der Waals surface area contributed by atoms with Crippen LogP contribution in [0.1, 0.15) is 34.6 Å². The molecular weight excluding hydrogens is 464 g/mol. The van der Waals surface area contributed by atoms with Crippen LogP contribution in [0.4, 0.5) is 0 Å². The molecule has 2 amide bonds. The van der Waals surface area contributed by atoms with Gasteiger partial charge in [-0.15, -0.1) is 0 Å². The van der Waals surface area contributed by atoms with Crippen LogP contribution in [0.25, 0.3) is 0 Å². The lowest BCUT2D eigenvalue weighted by atomic mass is 10.2. The van der Waals surface area contributed by atoms with Gasteiger partial charge in [0.25, 0.3) is 11.8 Å². The van der Waals surface area contributed by atoms with E-state index in [2.05, 4.69) is 52.9 Å². The van der Waals surface area contributed by atoms with E-state index in [4.69, 9.17) is 0 Å². The molecule has 0 aliphatic carbocycles. The molecule has 0 aliphatic rings. The predicted molar refractivity (Wildman–Crippen MR) is 109 cm³/mol. The molecule has 2 rings (SSSR count). The van der Waals surface area contributed by atoms with E-state index in [1.54, 1.807) is 50.2 Å². The minimum absolute atomic E-state index is 0.336. The Kier molecular flexibility index (Phi) is 7.23. The van der Waals surface area contributed by atoms with Crippen molar-refractivity contribution in [3.8, 4) is 0 Å². The van der Waals surface area contributed by atoms with Gasteiger partial charge in [0.1, 0.15) is 0 Å². The number of hydrogen-bond donors (Lipinski definition) is 2. The summed E-state index contributed by atoms with van der Waals surface area (Å²) in [4.78, 5) is 24.1. The van der Waals surface area contributed by atoms with Crippen LogP contribution in [-0.4, -0.2) is 23.2 Å². The molecule has 8 heteroatoms. The van der Waals surface area contributed by atoms with Gasteiger partial charge in [-0.2, -0.15) is 10.2 Å². The summed E-state index contributed by atoms with van der Waals surface area (Å²) in [7, 11) is 0. The van der Waals surface area contributed by atoms with Gasteiger partial charge >= 0.3 is 0 Å². The number of nitrogens with one attached hydrogen (secondary N) is 2. The van der Waals surface area contributed by atoms with Gasteiger partial charge in [0.15, 0.2) is 0 Å². The van der Waals surface area contributed by atoms with Crippen molar-refractivity contribution in [1.82, 2.24) is 10.9 Å². The molecule has 134 valence electrons. The number of rotatable bonds is 5. The number of hydrazone groups is 2. The van der Waals surface area contributed by atoms with Crippen LogP contribution in [0, 0.1) is 0 Å². The number of carbonyl (C=O) groups excluding carboxylic acids is 2. The first-order chi connectivity index (χ1) is 12.4. The third-order valence-corrected chi connectivity index (χ3v) is 4.33. The summed E-state index contributed by atoms with van der Waals surface area (Å²) in [5.41, 5.74) is 6.83. The van der Waals surface area contributed by atoms with E-state index in [0.717, 1.165) is 8.95 Å². The van der Waals surface area contributed by atoms with Gasteiger partial charge < -0.3 is 0 Å². The molecule has 6 nitrogen and oxygen atoms in total. The second-order valence-electron chi connectivity index (χ2n) is 5.30. The monoisotopic (exact) mass is 478 g/mol. The number of benzene rings is 2. The van der Waals surface area contributed by atoms with Gasteiger partial charge in [-0.05, 0) is 50.2 Å². The highest BCUT2D eigenvalue weighted by molar-refractivity contribution is 9.10. The molecular formula is C18H16Br2N4O2. The van der Waals surface area contributed by atoms with Crippen LogP contribution >= 0.6 is 31.9 Å². The van der Waals surface area contributed by atoms with Gasteiger partial charge in [-0.1, -0.05) is 44.0 Å². The molecule has 0 heterocycles. The van der Waals surface area contributed by atoms with E-state index < -0.39 is 0 Å². The Hall–Kier alpha value is -2.32. The Labute approximate surface area is 168 Å². The summed E-state index contributed by atoms with van der Waals surface area (Å²) >= 11 is 6.63. The zero-order chi connectivity index (χ0) is 19.1. The lowest BCUT2D eigenvalue weighted by Gasteiger charge is -2.04. The zero-order valence-electron chi connectivity index (χ0n) is 14.1. The second kappa shape index (κ2) is 9.40. The molecule has 0 fully saturated rings. The smallest absolute Gasteiger partial charge is 0.267 e. The van der Waals surface area contributed by atoms with Crippen LogP contribution in [-0.2, 0) is 0 Å². The first-order valence-electron chi connectivity index (χ1n) is 7.57. The van der Waals surface area contributed by atoms with Crippen LogP contribution < -0.4 is 10.9 Å². The van der Waals surface area contributed by atoms with Crippen molar-refractivity contribution in [2.24, 2.45) is 10.2 Å². The Balaban J connectivity index is 1.98. The fourth-order valence-corrected chi connectivity index (χ4v) is 2.62. The van der Waals surface area contributed by atoms with E-state index in [-0.39, 0.29) is 11.8 Å². The average Bonchev–Trinajstić information content (AvgIpc) is 2.63. The Morgan fingerprint density at radius 3 is 1.50 bits per heavy atom.